The highest BCUT2D eigenvalue weighted by molar-refractivity contribution is 7.99. The summed E-state index contributed by atoms with van der Waals surface area (Å²) in [5.41, 5.74) is 0. The van der Waals surface area contributed by atoms with Gasteiger partial charge in [-0.05, 0) is 18.4 Å². The Bertz CT molecular complexity index is 563. The highest BCUT2D eigenvalue weighted by Crippen LogP contribution is 2.25. The summed E-state index contributed by atoms with van der Waals surface area (Å²) in [7, 11) is 0. The highest BCUT2D eigenvalue weighted by atomic mass is 32.2. The van der Waals surface area contributed by atoms with Crippen LogP contribution in [0.1, 0.15) is 6.92 Å². The van der Waals surface area contributed by atoms with Gasteiger partial charge in [-0.15, -0.1) is 11.8 Å². The standard InChI is InChI=1S/C16H18O3S/c1-2-18-16(17)12-20-11-10-19-15-9-5-7-13-6-3-4-8-14(13)15/h3-9H,2,10-12H2,1H3. The summed E-state index contributed by atoms with van der Waals surface area (Å²) in [5.74, 6) is 1.87. The normalized spacial score (nSPS) is 10.4. The molecule has 0 aliphatic rings. The van der Waals surface area contributed by atoms with E-state index in [4.69, 9.17) is 9.47 Å². The van der Waals surface area contributed by atoms with Crippen LogP contribution in [-0.4, -0.2) is 30.7 Å². The molecule has 0 fully saturated rings. The van der Waals surface area contributed by atoms with E-state index in [1.54, 1.807) is 0 Å². The molecule has 0 amide bonds. The molecule has 0 bridgehead atoms. The summed E-state index contributed by atoms with van der Waals surface area (Å²) in [4.78, 5) is 11.2. The highest BCUT2D eigenvalue weighted by Gasteiger charge is 2.03. The van der Waals surface area contributed by atoms with Crippen LogP contribution in [0.25, 0.3) is 10.8 Å². The lowest BCUT2D eigenvalue weighted by Gasteiger charge is -2.09. The first-order valence-electron chi connectivity index (χ1n) is 6.65. The van der Waals surface area contributed by atoms with Crippen molar-refractivity contribution in [1.82, 2.24) is 0 Å². The molecule has 0 aromatic heterocycles. The molecule has 3 nitrogen and oxygen atoms in total. The number of esters is 1. The van der Waals surface area contributed by atoms with Crippen molar-refractivity contribution in [3.8, 4) is 5.75 Å². The fraction of sp³-hybridized carbons (Fsp3) is 0.312. The Kier molecular flexibility index (Phi) is 5.74. The van der Waals surface area contributed by atoms with Crippen LogP contribution in [0.5, 0.6) is 5.75 Å². The molecule has 4 heteroatoms. The second-order valence-electron chi connectivity index (χ2n) is 4.18. The van der Waals surface area contributed by atoms with Crippen molar-refractivity contribution < 1.29 is 14.3 Å². The van der Waals surface area contributed by atoms with Crippen molar-refractivity contribution in [2.24, 2.45) is 0 Å². The molecule has 0 atom stereocenters. The number of hydrogen-bond donors (Lipinski definition) is 0. The third-order valence-corrected chi connectivity index (χ3v) is 3.66. The number of carbonyl (C=O) groups is 1. The molecule has 20 heavy (non-hydrogen) atoms. The first kappa shape index (κ1) is 14.7. The van der Waals surface area contributed by atoms with Gasteiger partial charge in [0.25, 0.3) is 0 Å². The van der Waals surface area contributed by atoms with Gasteiger partial charge in [-0.25, -0.2) is 0 Å². The molecule has 0 heterocycles. The van der Waals surface area contributed by atoms with E-state index >= 15 is 0 Å². The average Bonchev–Trinajstić information content (AvgIpc) is 2.47. The Balaban J connectivity index is 1.80. The van der Waals surface area contributed by atoms with Crippen molar-refractivity contribution in [2.75, 3.05) is 24.7 Å². The van der Waals surface area contributed by atoms with Crippen LogP contribution in [0.3, 0.4) is 0 Å². The summed E-state index contributed by atoms with van der Waals surface area (Å²) in [6.45, 7) is 2.83. The minimum Gasteiger partial charge on any atom is -0.492 e. The minimum absolute atomic E-state index is 0.164. The van der Waals surface area contributed by atoms with Crippen molar-refractivity contribution in [3.05, 3.63) is 42.5 Å². The summed E-state index contributed by atoms with van der Waals surface area (Å²) in [6.07, 6.45) is 0. The van der Waals surface area contributed by atoms with Gasteiger partial charge in [-0.2, -0.15) is 0 Å². The van der Waals surface area contributed by atoms with Crippen LogP contribution >= 0.6 is 11.8 Å². The van der Waals surface area contributed by atoms with E-state index in [0.717, 1.165) is 16.9 Å². The van der Waals surface area contributed by atoms with Crippen LogP contribution in [-0.2, 0) is 9.53 Å². The molecular formula is C16H18O3S. The quantitative estimate of drug-likeness (QED) is 0.577. The molecule has 2 aromatic rings. The SMILES string of the molecule is CCOC(=O)CSCCOc1cccc2ccccc12. The predicted octanol–water partition coefficient (Wildman–Crippen LogP) is 3.51. The van der Waals surface area contributed by atoms with Gasteiger partial charge in [0, 0.05) is 11.1 Å². The zero-order valence-electron chi connectivity index (χ0n) is 11.5. The molecule has 0 saturated heterocycles. The molecule has 0 N–H and O–H groups in total. The summed E-state index contributed by atoms with van der Waals surface area (Å²) in [6, 6.07) is 14.2. The lowest BCUT2D eigenvalue weighted by Crippen LogP contribution is -2.09. The number of carbonyl (C=O) groups excluding carboxylic acids is 1. The van der Waals surface area contributed by atoms with E-state index in [9.17, 15) is 4.79 Å². The molecule has 2 aromatic carbocycles. The van der Waals surface area contributed by atoms with Crippen LogP contribution in [0, 0.1) is 0 Å². The molecule has 106 valence electrons. The van der Waals surface area contributed by atoms with Crippen molar-refractivity contribution in [2.45, 2.75) is 6.92 Å². The fourth-order valence-electron chi connectivity index (χ4n) is 1.89. The number of fused-ring (bicyclic) bond motifs is 1. The molecule has 0 spiro atoms. The van der Waals surface area contributed by atoms with E-state index in [1.807, 2.05) is 31.2 Å². The lowest BCUT2D eigenvalue weighted by molar-refractivity contribution is -0.139. The second-order valence-corrected chi connectivity index (χ2v) is 5.29. The van der Waals surface area contributed by atoms with Gasteiger partial charge in [0.2, 0.25) is 0 Å². The number of benzene rings is 2. The molecule has 0 radical (unpaired) electrons. The smallest absolute Gasteiger partial charge is 0.315 e. The Hall–Kier alpha value is -1.68. The van der Waals surface area contributed by atoms with Gasteiger partial charge in [0.1, 0.15) is 5.75 Å². The molecule has 2 rings (SSSR count). The van der Waals surface area contributed by atoms with E-state index in [0.29, 0.717) is 19.0 Å². The molecular weight excluding hydrogens is 272 g/mol. The first-order valence-corrected chi connectivity index (χ1v) is 7.80. The van der Waals surface area contributed by atoms with Crippen LogP contribution in [0.2, 0.25) is 0 Å². The van der Waals surface area contributed by atoms with Gasteiger partial charge < -0.3 is 9.47 Å². The first-order chi connectivity index (χ1) is 9.81. The Morgan fingerprint density at radius 1 is 1.15 bits per heavy atom. The van der Waals surface area contributed by atoms with Crippen molar-refractivity contribution in [3.63, 3.8) is 0 Å². The molecule has 0 saturated carbocycles. The van der Waals surface area contributed by atoms with Crippen LogP contribution < -0.4 is 4.74 Å². The van der Waals surface area contributed by atoms with Gasteiger partial charge in [0.15, 0.2) is 0 Å². The Morgan fingerprint density at radius 3 is 2.80 bits per heavy atom. The topological polar surface area (TPSA) is 35.5 Å². The maximum absolute atomic E-state index is 11.2. The van der Waals surface area contributed by atoms with Gasteiger partial charge in [-0.3, -0.25) is 4.79 Å². The van der Waals surface area contributed by atoms with E-state index in [1.165, 1.54) is 17.1 Å². The third kappa shape index (κ3) is 4.17. The monoisotopic (exact) mass is 290 g/mol. The van der Waals surface area contributed by atoms with E-state index in [-0.39, 0.29) is 5.97 Å². The number of thioether (sulfide) groups is 1. The average molecular weight is 290 g/mol. The fourth-order valence-corrected chi connectivity index (χ4v) is 2.49. The lowest BCUT2D eigenvalue weighted by atomic mass is 10.1. The maximum atomic E-state index is 11.2. The minimum atomic E-state index is -0.164. The summed E-state index contributed by atoms with van der Waals surface area (Å²) < 4.78 is 10.7. The Morgan fingerprint density at radius 2 is 1.95 bits per heavy atom. The molecule has 0 aliphatic carbocycles. The maximum Gasteiger partial charge on any atom is 0.315 e. The van der Waals surface area contributed by atoms with Crippen molar-refractivity contribution >= 4 is 28.5 Å². The van der Waals surface area contributed by atoms with Gasteiger partial charge >= 0.3 is 5.97 Å². The summed E-state index contributed by atoms with van der Waals surface area (Å²) >= 11 is 1.53. The summed E-state index contributed by atoms with van der Waals surface area (Å²) in [5, 5.41) is 2.29. The number of rotatable bonds is 7. The Labute approximate surface area is 123 Å². The van der Waals surface area contributed by atoms with Gasteiger partial charge in [0.05, 0.1) is 19.0 Å². The van der Waals surface area contributed by atoms with Crippen LogP contribution in [0.4, 0.5) is 0 Å². The van der Waals surface area contributed by atoms with Gasteiger partial charge in [-0.1, -0.05) is 36.4 Å². The zero-order valence-corrected chi connectivity index (χ0v) is 12.3. The number of ether oxygens (including phenoxy) is 2. The molecule has 0 unspecified atom stereocenters. The molecule has 0 aliphatic heterocycles. The van der Waals surface area contributed by atoms with Crippen LogP contribution in [0.15, 0.2) is 42.5 Å². The predicted molar refractivity (Wildman–Crippen MR) is 83.4 cm³/mol. The largest absolute Gasteiger partial charge is 0.492 e. The second kappa shape index (κ2) is 7.80. The zero-order chi connectivity index (χ0) is 14.2. The van der Waals surface area contributed by atoms with Crippen molar-refractivity contribution in [1.29, 1.82) is 0 Å². The number of hydrogen-bond acceptors (Lipinski definition) is 4. The third-order valence-electron chi connectivity index (χ3n) is 2.76. The van der Waals surface area contributed by atoms with E-state index < -0.39 is 0 Å². The van der Waals surface area contributed by atoms with E-state index in [2.05, 4.69) is 18.2 Å².